The second kappa shape index (κ2) is 14.1. The maximum Gasteiger partial charge on any atom is 0.220 e. The molecule has 7 rings (SSSR count). The largest absolute Gasteiger partial charge is 0.496 e. The molecule has 3 fully saturated rings. The number of halogens is 3. The average Bonchev–Trinajstić information content (AvgIpc) is 3.70. The number of hydrogen-bond acceptors (Lipinski definition) is 8. The first-order chi connectivity index (χ1) is 24.2. The van der Waals surface area contributed by atoms with Gasteiger partial charge in [-0.3, -0.25) is 19.5 Å². The molecule has 0 saturated carbocycles. The van der Waals surface area contributed by atoms with Gasteiger partial charge in [0.05, 0.1) is 35.7 Å². The highest BCUT2D eigenvalue weighted by molar-refractivity contribution is 6.39. The lowest BCUT2D eigenvalue weighted by atomic mass is 9.79. The van der Waals surface area contributed by atoms with Gasteiger partial charge < -0.3 is 25.4 Å². The predicted octanol–water partition coefficient (Wildman–Crippen LogP) is 5.63. The number of likely N-dealkylation sites (tertiary alicyclic amines) is 1. The molecule has 2 aromatic heterocycles. The van der Waals surface area contributed by atoms with Gasteiger partial charge in [-0.1, -0.05) is 47.5 Å². The van der Waals surface area contributed by atoms with Crippen LogP contribution in [0.15, 0.2) is 54.7 Å². The number of methoxy groups -OCH3 is 2. The number of pyridine rings is 2. The standard InChI is InChI=1S/C37H37Cl2FN6O4/c1-49-30-13-22(12-28(40)27(30)17-46-19-37(20-46)14-32(48)43-18-37)35-34(39)25(10-11-42-35)24-4-3-5-26(33(24)38)29-8-6-21(36(45-29)50-2)15-41-16-23-7-9-31(47)44-23/h3-6,8,10-13,23,41H,7,9,14-20H2,1-2H3,(H,43,48)(H,44,47)/t23-/m0/s1. The summed E-state index contributed by atoms with van der Waals surface area (Å²) in [6.45, 7) is 3.65. The molecule has 0 aliphatic carbocycles. The second-order valence-electron chi connectivity index (χ2n) is 13.2. The third-order valence-corrected chi connectivity index (χ3v) is 10.5. The number of ether oxygens (including phenoxy) is 2. The zero-order valence-corrected chi connectivity index (χ0v) is 29.3. The van der Waals surface area contributed by atoms with Gasteiger partial charge in [-0.25, -0.2) is 9.37 Å². The van der Waals surface area contributed by atoms with Crippen LogP contribution in [0.4, 0.5) is 4.39 Å². The highest BCUT2D eigenvalue weighted by atomic mass is 35.5. The summed E-state index contributed by atoms with van der Waals surface area (Å²) in [4.78, 5) is 34.6. The van der Waals surface area contributed by atoms with Crippen LogP contribution < -0.4 is 25.4 Å². The fraction of sp³-hybridized carbons (Fsp3) is 0.351. The van der Waals surface area contributed by atoms with Crippen molar-refractivity contribution in [3.8, 4) is 45.3 Å². The third kappa shape index (κ3) is 6.75. The van der Waals surface area contributed by atoms with Crippen molar-refractivity contribution in [1.29, 1.82) is 0 Å². The van der Waals surface area contributed by atoms with Gasteiger partial charge in [0.15, 0.2) is 0 Å². The SMILES string of the molecule is COc1cc(-c2nccc(-c3cccc(-c4ccc(CNC[C@@H]5CCC(=O)N5)c(OC)n4)c3Cl)c2Cl)cc(F)c1CN1CC2(CNC(=O)C2)C1. The van der Waals surface area contributed by atoms with Crippen LogP contribution in [0.25, 0.3) is 33.6 Å². The maximum absolute atomic E-state index is 15.7. The van der Waals surface area contributed by atoms with Crippen LogP contribution in [0.5, 0.6) is 11.6 Å². The van der Waals surface area contributed by atoms with Crippen molar-refractivity contribution in [2.75, 3.05) is 40.4 Å². The first-order valence-electron chi connectivity index (χ1n) is 16.5. The number of nitrogens with one attached hydrogen (secondary N) is 3. The Balaban J connectivity index is 1.12. The predicted molar refractivity (Wildman–Crippen MR) is 190 cm³/mol. The summed E-state index contributed by atoms with van der Waals surface area (Å²) >= 11 is 14.1. The Bertz CT molecular complexity index is 1970. The van der Waals surface area contributed by atoms with E-state index >= 15 is 4.39 Å². The molecule has 0 radical (unpaired) electrons. The van der Waals surface area contributed by atoms with Crippen LogP contribution in [-0.4, -0.2) is 73.1 Å². The lowest BCUT2D eigenvalue weighted by Crippen LogP contribution is -2.56. The Kier molecular flexibility index (Phi) is 9.67. The highest BCUT2D eigenvalue weighted by Crippen LogP contribution is 2.43. The minimum atomic E-state index is -0.423. The number of aromatic nitrogens is 2. The van der Waals surface area contributed by atoms with E-state index in [9.17, 15) is 9.59 Å². The van der Waals surface area contributed by atoms with Crippen molar-refractivity contribution in [3.05, 3.63) is 81.7 Å². The second-order valence-corrected chi connectivity index (χ2v) is 14.0. The number of nitrogens with zero attached hydrogens (tertiary/aromatic N) is 3. The van der Waals surface area contributed by atoms with Crippen LogP contribution >= 0.6 is 23.2 Å². The maximum atomic E-state index is 15.7. The molecule has 2 amide bonds. The number of carbonyl (C=O) groups excluding carboxylic acids is 2. The number of hydrogen-bond donors (Lipinski definition) is 3. The van der Waals surface area contributed by atoms with Crippen molar-refractivity contribution in [3.63, 3.8) is 0 Å². The molecule has 50 heavy (non-hydrogen) atoms. The van der Waals surface area contributed by atoms with Crippen LogP contribution in [0.1, 0.15) is 30.4 Å². The van der Waals surface area contributed by atoms with Crippen molar-refractivity contribution >= 4 is 35.0 Å². The summed E-state index contributed by atoms with van der Waals surface area (Å²) in [6.07, 6.45) is 3.50. The minimum absolute atomic E-state index is 0.0585. The number of carbonyl (C=O) groups is 2. The lowest BCUT2D eigenvalue weighted by molar-refractivity contribution is -0.121. The molecule has 3 saturated heterocycles. The molecule has 0 unspecified atom stereocenters. The summed E-state index contributed by atoms with van der Waals surface area (Å²) in [6, 6.07) is 14.5. The van der Waals surface area contributed by atoms with E-state index in [-0.39, 0.29) is 23.3 Å². The van der Waals surface area contributed by atoms with Gasteiger partial charge in [-0.2, -0.15) is 0 Å². The smallest absolute Gasteiger partial charge is 0.220 e. The van der Waals surface area contributed by atoms with E-state index in [1.165, 1.54) is 13.2 Å². The fourth-order valence-corrected chi connectivity index (χ4v) is 7.88. The Labute approximate surface area is 299 Å². The average molecular weight is 720 g/mol. The van der Waals surface area contributed by atoms with E-state index in [1.807, 2.05) is 30.3 Å². The zero-order valence-electron chi connectivity index (χ0n) is 27.7. The van der Waals surface area contributed by atoms with Crippen molar-refractivity contribution in [2.45, 2.75) is 38.4 Å². The number of benzene rings is 2. The summed E-state index contributed by atoms with van der Waals surface area (Å²) in [7, 11) is 3.09. The molecular weight excluding hydrogens is 682 g/mol. The normalized spacial score (nSPS) is 18.2. The van der Waals surface area contributed by atoms with E-state index in [2.05, 4.69) is 25.8 Å². The first kappa shape index (κ1) is 34.2. The fourth-order valence-electron chi connectivity index (χ4n) is 7.23. The van der Waals surface area contributed by atoms with Crippen molar-refractivity contribution < 1.29 is 23.5 Å². The summed E-state index contributed by atoms with van der Waals surface area (Å²) < 4.78 is 27.0. The Morgan fingerprint density at radius 1 is 1.02 bits per heavy atom. The molecule has 260 valence electrons. The number of amides is 2. The summed E-state index contributed by atoms with van der Waals surface area (Å²) in [5.41, 5.74) is 4.73. The van der Waals surface area contributed by atoms with E-state index < -0.39 is 5.82 Å². The molecule has 13 heteroatoms. The quantitative estimate of drug-likeness (QED) is 0.183. The molecule has 1 atom stereocenters. The Hall–Kier alpha value is -4.29. The lowest BCUT2D eigenvalue weighted by Gasteiger charge is -2.47. The Morgan fingerprint density at radius 3 is 2.54 bits per heavy atom. The monoisotopic (exact) mass is 718 g/mol. The molecule has 2 aromatic carbocycles. The van der Waals surface area contributed by atoms with Crippen LogP contribution in [0.3, 0.4) is 0 Å². The topological polar surface area (TPSA) is 118 Å². The summed E-state index contributed by atoms with van der Waals surface area (Å²) in [5, 5.41) is 9.99. The van der Waals surface area contributed by atoms with E-state index in [4.69, 9.17) is 37.7 Å². The Morgan fingerprint density at radius 2 is 1.82 bits per heavy atom. The third-order valence-electron chi connectivity index (χ3n) is 9.72. The van der Waals surface area contributed by atoms with E-state index in [0.717, 1.165) is 25.1 Å². The molecule has 4 aromatic rings. The summed E-state index contributed by atoms with van der Waals surface area (Å²) in [5.74, 6) is 0.596. The van der Waals surface area contributed by atoms with Gasteiger partial charge >= 0.3 is 0 Å². The van der Waals surface area contributed by atoms with Crippen LogP contribution in [-0.2, 0) is 22.7 Å². The molecule has 10 nitrogen and oxygen atoms in total. The van der Waals surface area contributed by atoms with Gasteiger partial charge in [0.1, 0.15) is 11.6 Å². The van der Waals surface area contributed by atoms with E-state index in [1.54, 1.807) is 25.4 Å². The molecule has 3 aliphatic rings. The number of rotatable bonds is 11. The van der Waals surface area contributed by atoms with Gasteiger partial charge in [-0.15, -0.1) is 0 Å². The highest BCUT2D eigenvalue weighted by Gasteiger charge is 2.48. The molecular formula is C37H37Cl2FN6O4. The van der Waals surface area contributed by atoms with Gasteiger partial charge in [0, 0.05) is 103 Å². The van der Waals surface area contributed by atoms with Crippen LogP contribution in [0.2, 0.25) is 10.0 Å². The molecule has 0 bridgehead atoms. The van der Waals surface area contributed by atoms with Gasteiger partial charge in [0.25, 0.3) is 0 Å². The van der Waals surface area contributed by atoms with Gasteiger partial charge in [-0.05, 0) is 30.7 Å². The van der Waals surface area contributed by atoms with Crippen LogP contribution in [0, 0.1) is 11.2 Å². The van der Waals surface area contributed by atoms with E-state index in [0.29, 0.717) is 99.9 Å². The van der Waals surface area contributed by atoms with Gasteiger partial charge in [0.2, 0.25) is 17.7 Å². The van der Waals surface area contributed by atoms with Crippen molar-refractivity contribution in [1.82, 2.24) is 30.8 Å². The molecule has 3 N–H and O–H groups in total. The first-order valence-corrected chi connectivity index (χ1v) is 17.3. The van der Waals surface area contributed by atoms with Crippen molar-refractivity contribution in [2.24, 2.45) is 5.41 Å². The zero-order chi connectivity index (χ0) is 35.0. The molecule has 5 heterocycles. The molecule has 1 spiro atoms. The molecule has 3 aliphatic heterocycles. The minimum Gasteiger partial charge on any atom is -0.496 e.